The molecule has 2 aromatic rings. The van der Waals surface area contributed by atoms with Crippen molar-refractivity contribution < 1.29 is 5.11 Å². The minimum absolute atomic E-state index is 0.577. The lowest BCUT2D eigenvalue weighted by molar-refractivity contribution is 0.214. The van der Waals surface area contributed by atoms with Crippen molar-refractivity contribution in [2.45, 2.75) is 6.10 Å². The molecule has 0 aromatic carbocycles. The maximum Gasteiger partial charge on any atom is 0.124 e. The third-order valence-corrected chi connectivity index (χ3v) is 2.40. The first-order valence-electron chi connectivity index (χ1n) is 4.32. The fourth-order valence-corrected chi connectivity index (χ4v) is 1.41. The number of aliphatic hydroxyl groups is 1. The second kappa shape index (κ2) is 4.46. The molecule has 0 aliphatic heterocycles. The molecule has 0 radical (unpaired) electrons. The van der Waals surface area contributed by atoms with E-state index in [1.54, 1.807) is 24.7 Å². The third kappa shape index (κ3) is 2.37. The minimum atomic E-state index is -0.778. The smallest absolute Gasteiger partial charge is 0.124 e. The van der Waals surface area contributed by atoms with Crippen LogP contribution in [0.3, 0.4) is 0 Å². The van der Waals surface area contributed by atoms with Gasteiger partial charge in [0.25, 0.3) is 0 Å². The number of hydrogen-bond donors (Lipinski definition) is 1. The van der Waals surface area contributed by atoms with Gasteiger partial charge in [0.1, 0.15) is 12.4 Å². The van der Waals surface area contributed by atoms with Crippen LogP contribution in [0.2, 0.25) is 0 Å². The van der Waals surface area contributed by atoms with E-state index < -0.39 is 6.10 Å². The van der Waals surface area contributed by atoms with Gasteiger partial charge < -0.3 is 5.11 Å². The van der Waals surface area contributed by atoms with Crippen LogP contribution in [0.5, 0.6) is 0 Å². The second-order valence-corrected chi connectivity index (χ2v) is 3.89. The third-order valence-electron chi connectivity index (χ3n) is 1.93. The fraction of sp³-hybridized carbons (Fsp3) is 0.100. The zero-order valence-corrected chi connectivity index (χ0v) is 9.29. The predicted octanol–water partition coefficient (Wildman–Crippen LogP) is 1.72. The Morgan fingerprint density at radius 1 is 1.13 bits per heavy atom. The molecule has 1 N–H and O–H groups in total. The van der Waals surface area contributed by atoms with Crippen molar-refractivity contribution in [3.05, 3.63) is 52.8 Å². The summed E-state index contributed by atoms with van der Waals surface area (Å²) in [5.41, 5.74) is 1.21. The first-order valence-corrected chi connectivity index (χ1v) is 5.11. The number of rotatable bonds is 2. The second-order valence-electron chi connectivity index (χ2n) is 2.98. The molecule has 0 saturated carbocycles. The van der Waals surface area contributed by atoms with Gasteiger partial charge in [-0.15, -0.1) is 0 Å². The number of nitrogens with zero attached hydrogens (tertiary/aromatic N) is 3. The van der Waals surface area contributed by atoms with E-state index in [2.05, 4.69) is 30.9 Å². The van der Waals surface area contributed by atoms with Gasteiger partial charge >= 0.3 is 0 Å². The molecule has 0 fully saturated rings. The van der Waals surface area contributed by atoms with E-state index in [0.717, 1.165) is 4.47 Å². The molecule has 0 saturated heterocycles. The van der Waals surface area contributed by atoms with Gasteiger partial charge in [0, 0.05) is 28.6 Å². The molecule has 1 unspecified atom stereocenters. The van der Waals surface area contributed by atoms with E-state index in [1.807, 2.05) is 6.07 Å². The van der Waals surface area contributed by atoms with Gasteiger partial charge in [0.2, 0.25) is 0 Å². The van der Waals surface area contributed by atoms with Crippen LogP contribution in [0.25, 0.3) is 0 Å². The van der Waals surface area contributed by atoms with E-state index in [-0.39, 0.29) is 0 Å². The van der Waals surface area contributed by atoms with E-state index in [0.29, 0.717) is 11.3 Å². The van der Waals surface area contributed by atoms with Gasteiger partial charge in [-0.05, 0) is 28.1 Å². The van der Waals surface area contributed by atoms with Crippen molar-refractivity contribution >= 4 is 15.9 Å². The number of aromatic nitrogens is 3. The van der Waals surface area contributed by atoms with Crippen LogP contribution in [-0.2, 0) is 0 Å². The van der Waals surface area contributed by atoms with Crippen LogP contribution < -0.4 is 0 Å². The Bertz CT molecular complexity index is 432. The van der Waals surface area contributed by atoms with E-state index in [4.69, 9.17) is 0 Å². The molecule has 0 spiro atoms. The Morgan fingerprint density at radius 3 is 2.47 bits per heavy atom. The molecule has 2 rings (SSSR count). The summed E-state index contributed by atoms with van der Waals surface area (Å²) in [6.45, 7) is 0. The number of aliphatic hydroxyl groups excluding tert-OH is 1. The molecule has 2 heterocycles. The monoisotopic (exact) mass is 265 g/mol. The molecule has 4 nitrogen and oxygen atoms in total. The summed E-state index contributed by atoms with van der Waals surface area (Å²) in [4.78, 5) is 11.8. The zero-order valence-electron chi connectivity index (χ0n) is 7.71. The molecule has 0 amide bonds. The van der Waals surface area contributed by atoms with Gasteiger partial charge in [-0.25, -0.2) is 9.97 Å². The summed E-state index contributed by atoms with van der Waals surface area (Å²) in [5.74, 6) is 0. The minimum Gasteiger partial charge on any atom is -0.382 e. The van der Waals surface area contributed by atoms with Crippen molar-refractivity contribution in [1.29, 1.82) is 0 Å². The maximum absolute atomic E-state index is 9.92. The van der Waals surface area contributed by atoms with Crippen LogP contribution in [0.15, 0.2) is 41.5 Å². The highest BCUT2D eigenvalue weighted by atomic mass is 79.9. The Labute approximate surface area is 95.2 Å². The van der Waals surface area contributed by atoms with Gasteiger partial charge in [-0.3, -0.25) is 4.98 Å². The lowest BCUT2D eigenvalue weighted by Crippen LogP contribution is -2.02. The summed E-state index contributed by atoms with van der Waals surface area (Å²) in [6, 6.07) is 3.58. The lowest BCUT2D eigenvalue weighted by Gasteiger charge is -2.08. The molecular weight excluding hydrogens is 258 g/mol. The molecule has 76 valence electrons. The molecule has 15 heavy (non-hydrogen) atoms. The number of hydrogen-bond acceptors (Lipinski definition) is 4. The van der Waals surface area contributed by atoms with Crippen LogP contribution >= 0.6 is 15.9 Å². The van der Waals surface area contributed by atoms with Crippen LogP contribution in [0.4, 0.5) is 0 Å². The van der Waals surface area contributed by atoms with E-state index >= 15 is 0 Å². The van der Waals surface area contributed by atoms with Crippen LogP contribution in [0.1, 0.15) is 17.4 Å². The quantitative estimate of drug-likeness (QED) is 0.899. The number of halogens is 1. The Hall–Kier alpha value is -1.33. The van der Waals surface area contributed by atoms with Crippen LogP contribution in [-0.4, -0.2) is 20.1 Å². The average Bonchev–Trinajstić information content (AvgIpc) is 2.30. The van der Waals surface area contributed by atoms with Gasteiger partial charge in [-0.2, -0.15) is 0 Å². The van der Waals surface area contributed by atoms with Crippen molar-refractivity contribution in [3.63, 3.8) is 0 Å². The molecule has 2 aromatic heterocycles. The topological polar surface area (TPSA) is 58.9 Å². The summed E-state index contributed by atoms with van der Waals surface area (Å²) < 4.78 is 0.878. The SMILES string of the molecule is OC(c1cncnc1)c1ccc(Br)cn1. The van der Waals surface area contributed by atoms with Gasteiger partial charge in [-0.1, -0.05) is 0 Å². The first kappa shape index (κ1) is 10.2. The molecule has 0 bridgehead atoms. The normalized spacial score (nSPS) is 12.4. The van der Waals surface area contributed by atoms with Crippen molar-refractivity contribution in [2.75, 3.05) is 0 Å². The first-order chi connectivity index (χ1) is 7.27. The van der Waals surface area contributed by atoms with Gasteiger partial charge in [0.05, 0.1) is 5.69 Å². The lowest BCUT2D eigenvalue weighted by atomic mass is 10.1. The largest absolute Gasteiger partial charge is 0.382 e. The van der Waals surface area contributed by atoms with Crippen molar-refractivity contribution in [1.82, 2.24) is 15.0 Å². The number of pyridine rings is 1. The maximum atomic E-state index is 9.92. The summed E-state index contributed by atoms with van der Waals surface area (Å²) in [7, 11) is 0. The Kier molecular flexibility index (Phi) is 3.03. The molecular formula is C10H8BrN3O. The van der Waals surface area contributed by atoms with Crippen molar-refractivity contribution in [2.24, 2.45) is 0 Å². The molecule has 0 aliphatic rings. The summed E-state index contributed by atoms with van der Waals surface area (Å²) >= 11 is 3.28. The average molecular weight is 266 g/mol. The Balaban J connectivity index is 2.29. The molecule has 1 atom stereocenters. The van der Waals surface area contributed by atoms with Crippen LogP contribution in [0, 0.1) is 0 Å². The summed E-state index contributed by atoms with van der Waals surface area (Å²) in [5, 5.41) is 9.92. The van der Waals surface area contributed by atoms with E-state index in [9.17, 15) is 5.11 Å². The molecule has 0 aliphatic carbocycles. The Morgan fingerprint density at radius 2 is 1.87 bits per heavy atom. The van der Waals surface area contributed by atoms with Gasteiger partial charge in [0.15, 0.2) is 0 Å². The zero-order chi connectivity index (χ0) is 10.7. The predicted molar refractivity (Wildman–Crippen MR) is 58.0 cm³/mol. The molecule has 5 heteroatoms. The highest BCUT2D eigenvalue weighted by Crippen LogP contribution is 2.19. The fourth-order valence-electron chi connectivity index (χ4n) is 1.17. The highest BCUT2D eigenvalue weighted by Gasteiger charge is 2.11. The van der Waals surface area contributed by atoms with E-state index in [1.165, 1.54) is 6.33 Å². The summed E-state index contributed by atoms with van der Waals surface area (Å²) in [6.07, 6.45) is 5.43. The highest BCUT2D eigenvalue weighted by molar-refractivity contribution is 9.10. The van der Waals surface area contributed by atoms with Crippen molar-refractivity contribution in [3.8, 4) is 0 Å². The standard InChI is InChI=1S/C10H8BrN3O/c11-8-1-2-9(14-5-8)10(15)7-3-12-6-13-4-7/h1-6,10,15H.